The first kappa shape index (κ1) is 11.0. The Morgan fingerprint density at radius 2 is 2.19 bits per heavy atom. The summed E-state index contributed by atoms with van der Waals surface area (Å²) in [6.07, 6.45) is 2.11. The molecule has 0 amide bonds. The molecule has 1 aromatic carbocycles. The molecule has 1 aliphatic rings. The Labute approximate surface area is 94.2 Å². The van der Waals surface area contributed by atoms with Gasteiger partial charge >= 0.3 is 5.97 Å². The van der Waals surface area contributed by atoms with Gasteiger partial charge in [-0.3, -0.25) is 10.1 Å². The lowest BCUT2D eigenvalue weighted by molar-refractivity contribution is -0.139. The van der Waals surface area contributed by atoms with Gasteiger partial charge in [0, 0.05) is 11.6 Å². The summed E-state index contributed by atoms with van der Waals surface area (Å²) in [5.74, 6) is -0.251. The van der Waals surface area contributed by atoms with E-state index in [0.717, 1.165) is 12.8 Å². The molecular weight excluding hydrogens is 206 g/mol. The maximum Gasteiger partial charge on any atom is 0.325 e. The zero-order valence-electron chi connectivity index (χ0n) is 9.14. The number of nitrogens with one attached hydrogen (secondary N) is 1. The average molecular weight is 221 g/mol. The Bertz CT molecular complexity index is 388. The minimum atomic E-state index is -0.864. The van der Waals surface area contributed by atoms with Crippen molar-refractivity contribution in [3.63, 3.8) is 0 Å². The van der Waals surface area contributed by atoms with E-state index in [1.165, 1.54) is 0 Å². The van der Waals surface area contributed by atoms with Crippen molar-refractivity contribution >= 4 is 5.97 Å². The van der Waals surface area contributed by atoms with Crippen LogP contribution in [0.15, 0.2) is 24.3 Å². The number of carboxylic acid groups (broad SMARTS) is 1. The van der Waals surface area contributed by atoms with Crippen LogP contribution in [0.5, 0.6) is 5.75 Å². The highest BCUT2D eigenvalue weighted by Gasteiger charge is 2.30. The minimum absolute atomic E-state index is 0.339. The molecule has 1 saturated carbocycles. The second kappa shape index (κ2) is 4.53. The van der Waals surface area contributed by atoms with E-state index < -0.39 is 12.0 Å². The van der Waals surface area contributed by atoms with Crippen LogP contribution in [-0.4, -0.2) is 24.2 Å². The maximum absolute atomic E-state index is 11.2. The fraction of sp³-hybridized carbons (Fsp3) is 0.417. The van der Waals surface area contributed by atoms with Gasteiger partial charge in [-0.1, -0.05) is 18.2 Å². The number of aliphatic carboxylic acids is 1. The van der Waals surface area contributed by atoms with Gasteiger partial charge in [-0.05, 0) is 18.9 Å². The van der Waals surface area contributed by atoms with Crippen LogP contribution >= 0.6 is 0 Å². The van der Waals surface area contributed by atoms with Crippen LogP contribution in [0.4, 0.5) is 0 Å². The quantitative estimate of drug-likeness (QED) is 0.792. The monoisotopic (exact) mass is 221 g/mol. The Hall–Kier alpha value is -1.55. The first-order chi connectivity index (χ1) is 7.72. The number of hydrogen-bond donors (Lipinski definition) is 2. The lowest BCUT2D eigenvalue weighted by atomic mass is 10.1. The third-order valence-corrected chi connectivity index (χ3v) is 2.68. The minimum Gasteiger partial charge on any atom is -0.496 e. The summed E-state index contributed by atoms with van der Waals surface area (Å²) in [7, 11) is 1.55. The van der Waals surface area contributed by atoms with E-state index >= 15 is 0 Å². The van der Waals surface area contributed by atoms with E-state index in [4.69, 9.17) is 4.74 Å². The molecule has 0 aliphatic heterocycles. The normalized spacial score (nSPS) is 16.8. The largest absolute Gasteiger partial charge is 0.496 e. The number of carboxylic acids is 1. The molecule has 4 nitrogen and oxygen atoms in total. The van der Waals surface area contributed by atoms with Gasteiger partial charge in [0.1, 0.15) is 11.8 Å². The maximum atomic E-state index is 11.2. The van der Waals surface area contributed by atoms with E-state index in [-0.39, 0.29) is 0 Å². The SMILES string of the molecule is COc1ccccc1C(NC1CC1)C(=O)O. The van der Waals surface area contributed by atoms with Crippen molar-refractivity contribution in [2.24, 2.45) is 0 Å². The summed E-state index contributed by atoms with van der Waals surface area (Å²) in [6.45, 7) is 0. The number of ether oxygens (including phenoxy) is 1. The van der Waals surface area contributed by atoms with Crippen molar-refractivity contribution in [3.05, 3.63) is 29.8 Å². The van der Waals surface area contributed by atoms with Crippen LogP contribution in [-0.2, 0) is 4.79 Å². The summed E-state index contributed by atoms with van der Waals surface area (Å²) in [5, 5.41) is 12.3. The van der Waals surface area contributed by atoms with Crippen molar-refractivity contribution in [1.82, 2.24) is 5.32 Å². The molecule has 2 N–H and O–H groups in total. The molecule has 1 aliphatic carbocycles. The fourth-order valence-corrected chi connectivity index (χ4v) is 1.68. The highest BCUT2D eigenvalue weighted by Crippen LogP contribution is 2.29. The van der Waals surface area contributed by atoms with Gasteiger partial charge in [-0.2, -0.15) is 0 Å². The topological polar surface area (TPSA) is 58.6 Å². The summed E-state index contributed by atoms with van der Waals surface area (Å²) in [5.41, 5.74) is 0.685. The van der Waals surface area contributed by atoms with Gasteiger partial charge in [0.15, 0.2) is 0 Å². The van der Waals surface area contributed by atoms with Crippen molar-refractivity contribution in [2.45, 2.75) is 24.9 Å². The Morgan fingerprint density at radius 1 is 1.50 bits per heavy atom. The van der Waals surface area contributed by atoms with Crippen LogP contribution in [0.25, 0.3) is 0 Å². The molecule has 86 valence electrons. The number of rotatable bonds is 5. The van der Waals surface area contributed by atoms with E-state index in [2.05, 4.69) is 5.32 Å². The van der Waals surface area contributed by atoms with Gasteiger partial charge in [-0.25, -0.2) is 0 Å². The molecule has 4 heteroatoms. The van der Waals surface area contributed by atoms with E-state index in [0.29, 0.717) is 17.4 Å². The van der Waals surface area contributed by atoms with Crippen molar-refractivity contribution < 1.29 is 14.6 Å². The molecule has 2 rings (SSSR count). The number of hydrogen-bond acceptors (Lipinski definition) is 3. The summed E-state index contributed by atoms with van der Waals surface area (Å²) in [6, 6.07) is 6.88. The van der Waals surface area contributed by atoms with Crippen molar-refractivity contribution in [3.8, 4) is 5.75 Å². The molecule has 16 heavy (non-hydrogen) atoms. The highest BCUT2D eigenvalue weighted by molar-refractivity contribution is 5.76. The molecule has 1 aromatic rings. The molecule has 0 bridgehead atoms. The number of benzene rings is 1. The fourth-order valence-electron chi connectivity index (χ4n) is 1.68. The molecule has 0 aromatic heterocycles. The average Bonchev–Trinajstić information content (AvgIpc) is 3.09. The van der Waals surface area contributed by atoms with Gasteiger partial charge in [0.25, 0.3) is 0 Å². The number of methoxy groups -OCH3 is 1. The van der Waals surface area contributed by atoms with Gasteiger partial charge < -0.3 is 9.84 Å². The van der Waals surface area contributed by atoms with E-state index in [1.54, 1.807) is 19.2 Å². The molecule has 1 unspecified atom stereocenters. The molecule has 0 heterocycles. The molecule has 0 radical (unpaired) electrons. The van der Waals surface area contributed by atoms with Crippen LogP contribution in [0.1, 0.15) is 24.4 Å². The molecule has 0 saturated heterocycles. The summed E-state index contributed by atoms with van der Waals surface area (Å²) >= 11 is 0. The van der Waals surface area contributed by atoms with Gasteiger partial charge in [0.05, 0.1) is 7.11 Å². The lowest BCUT2D eigenvalue weighted by Crippen LogP contribution is -2.30. The highest BCUT2D eigenvalue weighted by atomic mass is 16.5. The Balaban J connectivity index is 2.25. The van der Waals surface area contributed by atoms with Crippen molar-refractivity contribution in [1.29, 1.82) is 0 Å². The zero-order valence-corrected chi connectivity index (χ0v) is 9.14. The standard InChI is InChI=1S/C12H15NO3/c1-16-10-5-3-2-4-9(10)11(12(14)15)13-8-6-7-8/h2-5,8,11,13H,6-7H2,1H3,(H,14,15). The van der Waals surface area contributed by atoms with E-state index in [9.17, 15) is 9.90 Å². The predicted octanol–water partition coefficient (Wildman–Crippen LogP) is 1.57. The summed E-state index contributed by atoms with van der Waals surface area (Å²) in [4.78, 5) is 11.2. The number of carbonyl (C=O) groups is 1. The first-order valence-corrected chi connectivity index (χ1v) is 5.34. The lowest BCUT2D eigenvalue weighted by Gasteiger charge is -2.17. The molecule has 1 fully saturated rings. The van der Waals surface area contributed by atoms with Crippen LogP contribution in [0.2, 0.25) is 0 Å². The third kappa shape index (κ3) is 2.33. The van der Waals surface area contributed by atoms with Crippen LogP contribution in [0.3, 0.4) is 0 Å². The zero-order chi connectivity index (χ0) is 11.5. The predicted molar refractivity (Wildman–Crippen MR) is 59.5 cm³/mol. The second-order valence-corrected chi connectivity index (χ2v) is 3.95. The molecule has 1 atom stereocenters. The van der Waals surface area contributed by atoms with Crippen molar-refractivity contribution in [2.75, 3.05) is 7.11 Å². The number of para-hydroxylation sites is 1. The van der Waals surface area contributed by atoms with E-state index in [1.807, 2.05) is 12.1 Å². The third-order valence-electron chi connectivity index (χ3n) is 2.68. The molecule has 0 spiro atoms. The van der Waals surface area contributed by atoms with Gasteiger partial charge in [-0.15, -0.1) is 0 Å². The Morgan fingerprint density at radius 3 is 2.75 bits per heavy atom. The Kier molecular flexibility index (Phi) is 3.10. The molecular formula is C12H15NO3. The second-order valence-electron chi connectivity index (χ2n) is 3.95. The van der Waals surface area contributed by atoms with Gasteiger partial charge in [0.2, 0.25) is 0 Å². The smallest absolute Gasteiger partial charge is 0.325 e. The van der Waals surface area contributed by atoms with Crippen LogP contribution < -0.4 is 10.1 Å². The summed E-state index contributed by atoms with van der Waals surface area (Å²) < 4.78 is 5.18. The van der Waals surface area contributed by atoms with Crippen LogP contribution in [0, 0.1) is 0 Å². The first-order valence-electron chi connectivity index (χ1n) is 5.34.